The van der Waals surface area contributed by atoms with Gasteiger partial charge in [0.25, 0.3) is 0 Å². The van der Waals surface area contributed by atoms with E-state index >= 15 is 0 Å². The number of rotatable bonds is 4. The zero-order valence-corrected chi connectivity index (χ0v) is 8.80. The smallest absolute Gasteiger partial charge is 0.177 e. The predicted octanol–water partition coefficient (Wildman–Crippen LogP) is 1.31. The van der Waals surface area contributed by atoms with Gasteiger partial charge in [0.05, 0.1) is 6.04 Å². The van der Waals surface area contributed by atoms with Gasteiger partial charge in [-0.1, -0.05) is 19.8 Å². The third-order valence-electron chi connectivity index (χ3n) is 2.40. The molecule has 2 rings (SSSR count). The van der Waals surface area contributed by atoms with E-state index in [0.717, 1.165) is 30.7 Å². The van der Waals surface area contributed by atoms with E-state index in [1.54, 1.807) is 10.7 Å². The summed E-state index contributed by atoms with van der Waals surface area (Å²) in [5.41, 5.74) is 6.78. The van der Waals surface area contributed by atoms with E-state index in [2.05, 4.69) is 22.2 Å². The molecule has 1 atom stereocenters. The van der Waals surface area contributed by atoms with Crippen molar-refractivity contribution >= 4 is 5.65 Å². The monoisotopic (exact) mass is 205 g/mol. The molecule has 2 heterocycles. The molecule has 0 aliphatic rings. The van der Waals surface area contributed by atoms with E-state index in [9.17, 15) is 0 Å². The third kappa shape index (κ3) is 1.97. The van der Waals surface area contributed by atoms with Gasteiger partial charge in [0.1, 0.15) is 0 Å². The first kappa shape index (κ1) is 10.0. The van der Waals surface area contributed by atoms with E-state index in [1.165, 1.54) is 0 Å². The van der Waals surface area contributed by atoms with E-state index < -0.39 is 0 Å². The highest BCUT2D eigenvalue weighted by Gasteiger charge is 2.13. The number of hydrogen-bond acceptors (Lipinski definition) is 4. The van der Waals surface area contributed by atoms with E-state index in [1.807, 2.05) is 12.1 Å². The van der Waals surface area contributed by atoms with Crippen molar-refractivity contribution in [3.8, 4) is 0 Å². The Bertz CT molecular complexity index is 436. The second-order valence-electron chi connectivity index (χ2n) is 3.60. The maximum atomic E-state index is 6.03. The molecule has 2 aromatic rings. The zero-order valence-electron chi connectivity index (χ0n) is 8.80. The van der Waals surface area contributed by atoms with Crippen LogP contribution in [-0.4, -0.2) is 19.8 Å². The molecule has 1 unspecified atom stereocenters. The van der Waals surface area contributed by atoms with Crippen molar-refractivity contribution in [1.29, 1.82) is 0 Å². The first-order chi connectivity index (χ1) is 7.33. The molecule has 0 radical (unpaired) electrons. The van der Waals surface area contributed by atoms with Gasteiger partial charge in [-0.2, -0.15) is 9.61 Å². The SMILES string of the molecule is CCCCC(N)c1nnc2cccnn12. The van der Waals surface area contributed by atoms with E-state index in [4.69, 9.17) is 5.73 Å². The summed E-state index contributed by atoms with van der Waals surface area (Å²) in [6.07, 6.45) is 4.88. The summed E-state index contributed by atoms with van der Waals surface area (Å²) >= 11 is 0. The summed E-state index contributed by atoms with van der Waals surface area (Å²) in [5, 5.41) is 12.3. The van der Waals surface area contributed by atoms with Crippen LogP contribution in [-0.2, 0) is 0 Å². The minimum absolute atomic E-state index is 0.0742. The Balaban J connectivity index is 2.27. The van der Waals surface area contributed by atoms with Crippen molar-refractivity contribution in [2.24, 2.45) is 5.73 Å². The fraction of sp³-hybridized carbons (Fsp3) is 0.500. The van der Waals surface area contributed by atoms with Gasteiger partial charge in [-0.05, 0) is 18.6 Å². The molecule has 0 bridgehead atoms. The van der Waals surface area contributed by atoms with E-state index in [0.29, 0.717) is 0 Å². The molecule has 0 aliphatic carbocycles. The molecule has 5 heteroatoms. The summed E-state index contributed by atoms with van der Waals surface area (Å²) in [6, 6.07) is 3.64. The number of nitrogens with two attached hydrogens (primary N) is 1. The van der Waals surface area contributed by atoms with Crippen LogP contribution in [0.5, 0.6) is 0 Å². The Hall–Kier alpha value is -1.49. The standard InChI is InChI=1S/C10H15N5/c1-2-3-5-8(11)10-14-13-9-6-4-7-12-15(9)10/h4,6-8H,2-3,5,11H2,1H3. The minimum atomic E-state index is -0.0742. The summed E-state index contributed by atoms with van der Waals surface area (Å²) in [5.74, 6) is 0.749. The normalized spacial score (nSPS) is 13.2. The number of unbranched alkanes of at least 4 members (excludes halogenated alkanes) is 1. The molecule has 0 amide bonds. The van der Waals surface area contributed by atoms with Gasteiger partial charge in [0.2, 0.25) is 0 Å². The fourth-order valence-electron chi connectivity index (χ4n) is 1.55. The third-order valence-corrected chi connectivity index (χ3v) is 2.40. The molecule has 2 aromatic heterocycles. The van der Waals surface area contributed by atoms with Crippen molar-refractivity contribution < 1.29 is 0 Å². The zero-order chi connectivity index (χ0) is 10.7. The average molecular weight is 205 g/mol. The molecule has 0 aliphatic heterocycles. The van der Waals surface area contributed by atoms with Crippen molar-refractivity contribution in [3.05, 3.63) is 24.2 Å². The van der Waals surface area contributed by atoms with Crippen LogP contribution in [0.3, 0.4) is 0 Å². The van der Waals surface area contributed by atoms with Crippen LogP contribution < -0.4 is 5.73 Å². The maximum absolute atomic E-state index is 6.03. The summed E-state index contributed by atoms with van der Waals surface area (Å²) < 4.78 is 1.71. The molecule has 80 valence electrons. The van der Waals surface area contributed by atoms with Gasteiger partial charge in [0, 0.05) is 6.20 Å². The van der Waals surface area contributed by atoms with Crippen LogP contribution in [0.25, 0.3) is 5.65 Å². The molecule has 0 saturated carbocycles. The van der Waals surface area contributed by atoms with Gasteiger partial charge in [-0.15, -0.1) is 10.2 Å². The molecular formula is C10H15N5. The van der Waals surface area contributed by atoms with Gasteiger partial charge in [-0.25, -0.2) is 0 Å². The molecule has 2 N–H and O–H groups in total. The Morgan fingerprint density at radius 1 is 1.47 bits per heavy atom. The average Bonchev–Trinajstić information content (AvgIpc) is 2.69. The highest BCUT2D eigenvalue weighted by Crippen LogP contribution is 2.14. The highest BCUT2D eigenvalue weighted by atomic mass is 15.4. The van der Waals surface area contributed by atoms with Gasteiger partial charge in [0.15, 0.2) is 11.5 Å². The van der Waals surface area contributed by atoms with Crippen LogP contribution >= 0.6 is 0 Å². The van der Waals surface area contributed by atoms with Gasteiger partial charge in [-0.3, -0.25) is 0 Å². The van der Waals surface area contributed by atoms with Crippen LogP contribution in [0.1, 0.15) is 38.1 Å². The van der Waals surface area contributed by atoms with E-state index in [-0.39, 0.29) is 6.04 Å². The molecule has 0 aromatic carbocycles. The fourth-order valence-corrected chi connectivity index (χ4v) is 1.55. The van der Waals surface area contributed by atoms with Crippen LogP contribution in [0, 0.1) is 0 Å². The Labute approximate surface area is 88.3 Å². The van der Waals surface area contributed by atoms with Gasteiger partial charge < -0.3 is 5.73 Å². The van der Waals surface area contributed by atoms with Crippen LogP contribution in [0.4, 0.5) is 0 Å². The molecule has 0 saturated heterocycles. The first-order valence-electron chi connectivity index (χ1n) is 5.25. The number of nitrogens with zero attached hydrogens (tertiary/aromatic N) is 4. The van der Waals surface area contributed by atoms with Gasteiger partial charge >= 0.3 is 0 Å². The highest BCUT2D eigenvalue weighted by molar-refractivity contribution is 5.35. The molecule has 5 nitrogen and oxygen atoms in total. The number of hydrogen-bond donors (Lipinski definition) is 1. The van der Waals surface area contributed by atoms with Crippen LogP contribution in [0.2, 0.25) is 0 Å². The second kappa shape index (κ2) is 4.35. The molecular weight excluding hydrogens is 190 g/mol. The summed E-state index contributed by atoms with van der Waals surface area (Å²) in [7, 11) is 0. The summed E-state index contributed by atoms with van der Waals surface area (Å²) in [6.45, 7) is 2.15. The van der Waals surface area contributed by atoms with Crippen molar-refractivity contribution in [2.45, 2.75) is 32.2 Å². The lowest BCUT2D eigenvalue weighted by Gasteiger charge is -2.07. The number of fused-ring (bicyclic) bond motifs is 1. The Kier molecular flexibility index (Phi) is 2.91. The predicted molar refractivity (Wildman–Crippen MR) is 57.2 cm³/mol. The largest absolute Gasteiger partial charge is 0.321 e. The topological polar surface area (TPSA) is 69.1 Å². The molecule has 0 spiro atoms. The van der Waals surface area contributed by atoms with Crippen molar-refractivity contribution in [1.82, 2.24) is 19.8 Å². The van der Waals surface area contributed by atoms with Crippen molar-refractivity contribution in [3.63, 3.8) is 0 Å². The number of aromatic nitrogens is 4. The Morgan fingerprint density at radius 2 is 2.33 bits per heavy atom. The molecule has 15 heavy (non-hydrogen) atoms. The minimum Gasteiger partial charge on any atom is -0.321 e. The molecule has 0 fully saturated rings. The first-order valence-corrected chi connectivity index (χ1v) is 5.25. The Morgan fingerprint density at radius 3 is 3.13 bits per heavy atom. The lowest BCUT2D eigenvalue weighted by Crippen LogP contribution is -2.14. The summed E-state index contributed by atoms with van der Waals surface area (Å²) in [4.78, 5) is 0. The second-order valence-corrected chi connectivity index (χ2v) is 3.60. The van der Waals surface area contributed by atoms with Crippen molar-refractivity contribution in [2.75, 3.05) is 0 Å². The lowest BCUT2D eigenvalue weighted by molar-refractivity contribution is 0.561. The maximum Gasteiger partial charge on any atom is 0.177 e. The van der Waals surface area contributed by atoms with Crippen LogP contribution in [0.15, 0.2) is 18.3 Å². The quantitative estimate of drug-likeness (QED) is 0.817. The lowest BCUT2D eigenvalue weighted by atomic mass is 10.1.